The first-order chi connectivity index (χ1) is 10.1. The van der Waals surface area contributed by atoms with Gasteiger partial charge >= 0.3 is 0 Å². The Morgan fingerprint density at radius 3 is 2.71 bits per heavy atom. The molecule has 2 aromatic carbocycles. The van der Waals surface area contributed by atoms with E-state index < -0.39 is 0 Å². The number of likely N-dealkylation sites (N-methyl/N-ethyl adjacent to an activating group) is 1. The highest BCUT2D eigenvalue weighted by Gasteiger charge is 2.17. The summed E-state index contributed by atoms with van der Waals surface area (Å²) in [5.74, 6) is 0.588. The van der Waals surface area contributed by atoms with Gasteiger partial charge < -0.3 is 10.1 Å². The molecule has 0 aliphatic carbocycles. The van der Waals surface area contributed by atoms with E-state index in [9.17, 15) is 4.39 Å². The van der Waals surface area contributed by atoms with Crippen molar-refractivity contribution in [3.63, 3.8) is 0 Å². The van der Waals surface area contributed by atoms with Gasteiger partial charge in [-0.05, 0) is 49.7 Å². The van der Waals surface area contributed by atoms with Crippen LogP contribution in [0.5, 0.6) is 5.75 Å². The fourth-order valence-corrected chi connectivity index (χ4v) is 2.63. The van der Waals surface area contributed by atoms with Crippen molar-refractivity contribution < 1.29 is 9.13 Å². The molecule has 1 N–H and O–H groups in total. The summed E-state index contributed by atoms with van der Waals surface area (Å²) in [5.41, 5.74) is 2.25. The van der Waals surface area contributed by atoms with E-state index in [-0.39, 0.29) is 11.9 Å². The summed E-state index contributed by atoms with van der Waals surface area (Å²) in [6.07, 6.45) is 0.598. The quantitative estimate of drug-likeness (QED) is 0.889. The summed E-state index contributed by atoms with van der Waals surface area (Å²) < 4.78 is 19.7. The summed E-state index contributed by atoms with van der Waals surface area (Å²) in [7, 11) is 3.44. The predicted molar refractivity (Wildman–Crippen MR) is 84.6 cm³/mol. The molecule has 0 saturated heterocycles. The van der Waals surface area contributed by atoms with Crippen LogP contribution in [-0.2, 0) is 6.42 Å². The van der Waals surface area contributed by atoms with Crippen LogP contribution in [-0.4, -0.2) is 14.2 Å². The van der Waals surface area contributed by atoms with Crippen molar-refractivity contribution in [3.05, 3.63) is 63.9 Å². The Balaban J connectivity index is 2.35. The number of ether oxygens (including phenoxy) is 1. The lowest BCUT2D eigenvalue weighted by molar-refractivity contribution is 0.406. The average molecular weight is 308 g/mol. The molecule has 0 amide bonds. The Morgan fingerprint density at radius 2 is 2.05 bits per heavy atom. The molecule has 112 valence electrons. The zero-order valence-electron chi connectivity index (χ0n) is 12.4. The van der Waals surface area contributed by atoms with Gasteiger partial charge in [-0.15, -0.1) is 0 Å². The predicted octanol–water partition coefficient (Wildman–Crippen LogP) is 4.30. The summed E-state index contributed by atoms with van der Waals surface area (Å²) in [6, 6.07) is 10.8. The minimum atomic E-state index is -0.169. The average Bonchev–Trinajstić information content (AvgIpc) is 2.48. The Morgan fingerprint density at radius 1 is 1.29 bits per heavy atom. The number of halogens is 2. The molecule has 0 heterocycles. The molecule has 0 aliphatic heterocycles. The summed E-state index contributed by atoms with van der Waals surface area (Å²) in [5, 5.41) is 3.81. The van der Waals surface area contributed by atoms with E-state index in [1.165, 1.54) is 0 Å². The van der Waals surface area contributed by atoms with Gasteiger partial charge in [0.1, 0.15) is 11.6 Å². The molecule has 0 aliphatic rings. The van der Waals surface area contributed by atoms with Gasteiger partial charge in [0.15, 0.2) is 0 Å². The molecule has 0 spiro atoms. The molecule has 1 atom stereocenters. The largest absolute Gasteiger partial charge is 0.496 e. The number of hydrogen-bond acceptors (Lipinski definition) is 2. The van der Waals surface area contributed by atoms with Crippen molar-refractivity contribution in [3.8, 4) is 5.75 Å². The van der Waals surface area contributed by atoms with Crippen LogP contribution in [0.25, 0.3) is 0 Å². The van der Waals surface area contributed by atoms with E-state index in [1.807, 2.05) is 25.2 Å². The second-order valence-electron chi connectivity index (χ2n) is 4.98. The zero-order chi connectivity index (χ0) is 15.4. The van der Waals surface area contributed by atoms with Gasteiger partial charge in [0.05, 0.1) is 7.11 Å². The van der Waals surface area contributed by atoms with E-state index in [0.717, 1.165) is 11.3 Å². The number of methoxy groups -OCH3 is 1. The first-order valence-electron chi connectivity index (χ1n) is 6.81. The maximum atomic E-state index is 14.3. The van der Waals surface area contributed by atoms with Crippen molar-refractivity contribution >= 4 is 11.6 Å². The van der Waals surface area contributed by atoms with Gasteiger partial charge in [0.2, 0.25) is 0 Å². The van der Waals surface area contributed by atoms with E-state index in [0.29, 0.717) is 22.6 Å². The van der Waals surface area contributed by atoms with Crippen LogP contribution >= 0.6 is 11.6 Å². The topological polar surface area (TPSA) is 21.3 Å². The third-order valence-corrected chi connectivity index (χ3v) is 3.85. The van der Waals surface area contributed by atoms with Gasteiger partial charge in [-0.3, -0.25) is 0 Å². The van der Waals surface area contributed by atoms with Crippen LogP contribution in [0, 0.1) is 12.7 Å². The smallest absolute Gasteiger partial charge is 0.130 e. The minimum absolute atomic E-state index is 0.141. The van der Waals surface area contributed by atoms with Crippen LogP contribution in [0.15, 0.2) is 36.4 Å². The zero-order valence-corrected chi connectivity index (χ0v) is 13.2. The number of benzene rings is 2. The van der Waals surface area contributed by atoms with Gasteiger partial charge in [0.25, 0.3) is 0 Å². The van der Waals surface area contributed by atoms with E-state index in [4.69, 9.17) is 16.3 Å². The Labute approximate surface area is 129 Å². The van der Waals surface area contributed by atoms with E-state index in [2.05, 4.69) is 5.32 Å². The molecular weight excluding hydrogens is 289 g/mol. The second-order valence-corrected chi connectivity index (χ2v) is 5.42. The van der Waals surface area contributed by atoms with E-state index >= 15 is 0 Å². The Kier molecular flexibility index (Phi) is 5.21. The van der Waals surface area contributed by atoms with Crippen LogP contribution in [0.1, 0.15) is 22.7 Å². The fourth-order valence-electron chi connectivity index (χ4n) is 2.43. The Hall–Kier alpha value is -1.58. The first kappa shape index (κ1) is 15.8. The highest BCUT2D eigenvalue weighted by atomic mass is 35.5. The molecule has 0 fully saturated rings. The monoisotopic (exact) mass is 307 g/mol. The lowest BCUT2D eigenvalue weighted by atomic mass is 9.96. The Bertz CT molecular complexity index is 630. The summed E-state index contributed by atoms with van der Waals surface area (Å²) in [4.78, 5) is 0. The molecule has 21 heavy (non-hydrogen) atoms. The maximum absolute atomic E-state index is 14.3. The molecule has 2 rings (SSSR count). The highest BCUT2D eigenvalue weighted by molar-refractivity contribution is 6.30. The molecule has 0 radical (unpaired) electrons. The minimum Gasteiger partial charge on any atom is -0.496 e. The lowest BCUT2D eigenvalue weighted by Crippen LogP contribution is -2.20. The third-order valence-electron chi connectivity index (χ3n) is 3.61. The van der Waals surface area contributed by atoms with Gasteiger partial charge in [-0.1, -0.05) is 29.8 Å². The standard InChI is InChI=1S/C17H19ClFNO/c1-11-5-4-6-14(17(11)19)15(20-2)10-12-9-13(18)7-8-16(12)21-3/h4-9,15,20H,10H2,1-3H3. The van der Waals surface area contributed by atoms with Crippen LogP contribution in [0.4, 0.5) is 4.39 Å². The van der Waals surface area contributed by atoms with E-state index in [1.54, 1.807) is 32.2 Å². The molecule has 0 bridgehead atoms. The van der Waals surface area contributed by atoms with Gasteiger partial charge in [-0.2, -0.15) is 0 Å². The van der Waals surface area contributed by atoms with Crippen molar-refractivity contribution in [1.29, 1.82) is 0 Å². The highest BCUT2D eigenvalue weighted by Crippen LogP contribution is 2.29. The van der Waals surface area contributed by atoms with Crippen LogP contribution < -0.4 is 10.1 Å². The number of aryl methyl sites for hydroxylation is 1. The molecule has 2 nitrogen and oxygen atoms in total. The van der Waals surface area contributed by atoms with Crippen LogP contribution in [0.3, 0.4) is 0 Å². The van der Waals surface area contributed by atoms with Crippen molar-refractivity contribution in [1.82, 2.24) is 5.32 Å². The number of hydrogen-bond donors (Lipinski definition) is 1. The van der Waals surface area contributed by atoms with Gasteiger partial charge in [0, 0.05) is 16.6 Å². The molecule has 4 heteroatoms. The molecule has 0 saturated carbocycles. The first-order valence-corrected chi connectivity index (χ1v) is 7.19. The number of rotatable bonds is 5. The van der Waals surface area contributed by atoms with Crippen molar-refractivity contribution in [2.45, 2.75) is 19.4 Å². The SMILES string of the molecule is CNC(Cc1cc(Cl)ccc1OC)c1cccc(C)c1F. The van der Waals surface area contributed by atoms with Crippen molar-refractivity contribution in [2.75, 3.05) is 14.2 Å². The van der Waals surface area contributed by atoms with Crippen LogP contribution in [0.2, 0.25) is 5.02 Å². The summed E-state index contributed by atoms with van der Waals surface area (Å²) >= 11 is 6.05. The second kappa shape index (κ2) is 6.92. The van der Waals surface area contributed by atoms with Gasteiger partial charge in [-0.25, -0.2) is 4.39 Å². The number of nitrogens with one attached hydrogen (secondary N) is 1. The maximum Gasteiger partial charge on any atom is 0.130 e. The fraction of sp³-hybridized carbons (Fsp3) is 0.294. The molecule has 1 unspecified atom stereocenters. The lowest BCUT2D eigenvalue weighted by Gasteiger charge is -2.20. The normalized spacial score (nSPS) is 12.2. The van der Waals surface area contributed by atoms with Crippen molar-refractivity contribution in [2.24, 2.45) is 0 Å². The molecule has 0 aromatic heterocycles. The molecular formula is C17H19ClFNO. The third kappa shape index (κ3) is 3.55. The summed E-state index contributed by atoms with van der Waals surface area (Å²) in [6.45, 7) is 1.77. The molecule has 2 aromatic rings.